The molecule has 116 valence electrons. The lowest BCUT2D eigenvalue weighted by Gasteiger charge is -2.41. The van der Waals surface area contributed by atoms with Crippen molar-refractivity contribution in [3.8, 4) is 0 Å². The number of methoxy groups -OCH3 is 1. The van der Waals surface area contributed by atoms with Gasteiger partial charge < -0.3 is 9.64 Å². The second-order valence-corrected chi connectivity index (χ2v) is 7.35. The monoisotopic (exact) mass is 327 g/mol. The van der Waals surface area contributed by atoms with Crippen LogP contribution in [0, 0.1) is 11.8 Å². The number of nitrogens with zero attached hydrogens (tertiary/aromatic N) is 1. The molecule has 1 saturated carbocycles. The van der Waals surface area contributed by atoms with Crippen LogP contribution in [-0.4, -0.2) is 38.3 Å². The Morgan fingerprint density at radius 2 is 1.95 bits per heavy atom. The maximum Gasteiger partial charge on any atom is 0.0645 e. The van der Waals surface area contributed by atoms with Gasteiger partial charge in [-0.25, -0.2) is 0 Å². The second-order valence-electron chi connectivity index (χ2n) is 6.53. The first kappa shape index (κ1) is 15.6. The van der Waals surface area contributed by atoms with E-state index in [0.29, 0.717) is 28.0 Å². The molecule has 0 amide bonds. The zero-order valence-electron chi connectivity index (χ0n) is 12.7. The summed E-state index contributed by atoms with van der Waals surface area (Å²) in [5, 5.41) is 1.29. The van der Waals surface area contributed by atoms with Gasteiger partial charge in [-0.05, 0) is 62.4 Å². The number of ether oxygens (including phenoxy) is 1. The molecule has 0 radical (unpaired) electrons. The van der Waals surface area contributed by atoms with Crippen molar-refractivity contribution in [2.45, 2.75) is 31.3 Å². The van der Waals surface area contributed by atoms with E-state index in [1.54, 1.807) is 0 Å². The van der Waals surface area contributed by atoms with Crippen LogP contribution in [0.2, 0.25) is 10.0 Å². The Balaban J connectivity index is 1.87. The van der Waals surface area contributed by atoms with Crippen LogP contribution in [0.15, 0.2) is 18.2 Å². The molecule has 2 aliphatic rings. The molecule has 3 rings (SSSR count). The van der Waals surface area contributed by atoms with E-state index in [0.717, 1.165) is 25.4 Å². The molecular weight excluding hydrogens is 305 g/mol. The number of hydrogen-bond acceptors (Lipinski definition) is 2. The lowest BCUT2D eigenvalue weighted by Crippen LogP contribution is -2.44. The minimum atomic E-state index is 0.368. The summed E-state index contributed by atoms with van der Waals surface area (Å²) >= 11 is 12.3. The summed E-state index contributed by atoms with van der Waals surface area (Å²) < 4.78 is 5.88. The first-order valence-electron chi connectivity index (χ1n) is 7.76. The third-order valence-corrected chi connectivity index (χ3v) is 5.75. The van der Waals surface area contributed by atoms with Crippen LogP contribution in [0.25, 0.3) is 0 Å². The predicted molar refractivity (Wildman–Crippen MR) is 88.3 cm³/mol. The molecule has 1 aromatic rings. The number of halogens is 2. The van der Waals surface area contributed by atoms with Gasteiger partial charge in [-0.2, -0.15) is 0 Å². The van der Waals surface area contributed by atoms with Crippen molar-refractivity contribution in [3.63, 3.8) is 0 Å². The smallest absolute Gasteiger partial charge is 0.0645 e. The van der Waals surface area contributed by atoms with Crippen LogP contribution in [0.4, 0.5) is 0 Å². The molecule has 1 heterocycles. The Labute approximate surface area is 137 Å². The second kappa shape index (κ2) is 6.45. The van der Waals surface area contributed by atoms with Crippen LogP contribution in [0.3, 0.4) is 0 Å². The van der Waals surface area contributed by atoms with Crippen molar-refractivity contribution in [1.82, 2.24) is 4.90 Å². The Morgan fingerprint density at radius 3 is 2.57 bits per heavy atom. The highest BCUT2D eigenvalue weighted by molar-refractivity contribution is 6.42. The average molecular weight is 328 g/mol. The summed E-state index contributed by atoms with van der Waals surface area (Å²) in [6, 6.07) is 6.11. The Kier molecular flexibility index (Phi) is 4.80. The Bertz CT molecular complexity index is 504. The van der Waals surface area contributed by atoms with Crippen LogP contribution in [0.5, 0.6) is 0 Å². The molecule has 4 heteroatoms. The molecule has 0 N–H and O–H groups in total. The van der Waals surface area contributed by atoms with Crippen molar-refractivity contribution < 1.29 is 4.74 Å². The lowest BCUT2D eigenvalue weighted by molar-refractivity contribution is -0.00380. The summed E-state index contributed by atoms with van der Waals surface area (Å²) in [5.41, 5.74) is 1.31. The van der Waals surface area contributed by atoms with Crippen LogP contribution in [-0.2, 0) is 4.74 Å². The first-order valence-corrected chi connectivity index (χ1v) is 8.52. The van der Waals surface area contributed by atoms with Gasteiger partial charge in [-0.3, -0.25) is 0 Å². The Hall–Kier alpha value is -0.280. The number of likely N-dealkylation sites (tertiary alicyclic amines) is 1. The van der Waals surface area contributed by atoms with E-state index in [-0.39, 0.29) is 0 Å². The number of piperidine rings is 1. The topological polar surface area (TPSA) is 12.5 Å². The molecule has 3 unspecified atom stereocenters. The van der Waals surface area contributed by atoms with Gasteiger partial charge in [0.15, 0.2) is 0 Å². The average Bonchev–Trinajstić information content (AvgIpc) is 3.28. The van der Waals surface area contributed by atoms with Crippen molar-refractivity contribution >= 4 is 23.2 Å². The largest absolute Gasteiger partial charge is 0.381 e. The number of rotatable bonds is 4. The molecule has 2 fully saturated rings. The molecule has 1 aliphatic heterocycles. The minimum absolute atomic E-state index is 0.368. The van der Waals surface area contributed by atoms with Crippen molar-refractivity contribution in [1.29, 1.82) is 0 Å². The normalized spacial score (nSPS) is 28.6. The highest BCUT2D eigenvalue weighted by Gasteiger charge is 2.42. The molecule has 21 heavy (non-hydrogen) atoms. The van der Waals surface area contributed by atoms with E-state index in [9.17, 15) is 0 Å². The molecule has 1 aromatic carbocycles. The predicted octanol–water partition coefficient (Wildman–Crippen LogP) is 4.45. The van der Waals surface area contributed by atoms with Gasteiger partial charge in [-0.1, -0.05) is 29.3 Å². The van der Waals surface area contributed by atoms with Gasteiger partial charge in [0.1, 0.15) is 0 Å². The molecule has 0 spiro atoms. The summed E-state index contributed by atoms with van der Waals surface area (Å²) in [4.78, 5) is 2.42. The van der Waals surface area contributed by atoms with E-state index >= 15 is 0 Å². The van der Waals surface area contributed by atoms with Crippen molar-refractivity contribution in [3.05, 3.63) is 33.8 Å². The SMILES string of the molecule is COC(C1CC1)C1CN(C)CCC1c1ccc(Cl)c(Cl)c1. The molecular formula is C17H23Cl2NO. The van der Waals surface area contributed by atoms with E-state index in [1.165, 1.54) is 18.4 Å². The van der Waals surface area contributed by atoms with Gasteiger partial charge in [-0.15, -0.1) is 0 Å². The van der Waals surface area contributed by atoms with E-state index in [4.69, 9.17) is 27.9 Å². The summed E-state index contributed by atoms with van der Waals surface area (Å²) in [6.45, 7) is 2.22. The van der Waals surface area contributed by atoms with Gasteiger partial charge in [0.25, 0.3) is 0 Å². The maximum absolute atomic E-state index is 6.22. The van der Waals surface area contributed by atoms with E-state index < -0.39 is 0 Å². The molecule has 3 atom stereocenters. The fourth-order valence-corrected chi connectivity index (χ4v) is 4.09. The molecule has 0 bridgehead atoms. The van der Waals surface area contributed by atoms with Crippen molar-refractivity contribution in [2.24, 2.45) is 11.8 Å². The van der Waals surface area contributed by atoms with E-state index in [1.807, 2.05) is 19.2 Å². The highest BCUT2D eigenvalue weighted by atomic mass is 35.5. The van der Waals surface area contributed by atoms with Gasteiger partial charge in [0.2, 0.25) is 0 Å². The Morgan fingerprint density at radius 1 is 1.19 bits per heavy atom. The summed E-state index contributed by atoms with van der Waals surface area (Å²) in [7, 11) is 4.07. The maximum atomic E-state index is 6.22. The van der Waals surface area contributed by atoms with Gasteiger partial charge in [0, 0.05) is 19.6 Å². The van der Waals surface area contributed by atoms with E-state index in [2.05, 4.69) is 18.0 Å². The fourth-order valence-electron chi connectivity index (χ4n) is 3.78. The summed E-state index contributed by atoms with van der Waals surface area (Å²) in [5.74, 6) is 1.80. The molecule has 2 nitrogen and oxygen atoms in total. The number of benzene rings is 1. The molecule has 1 saturated heterocycles. The molecule has 0 aromatic heterocycles. The quantitative estimate of drug-likeness (QED) is 0.809. The fraction of sp³-hybridized carbons (Fsp3) is 0.647. The third-order valence-electron chi connectivity index (χ3n) is 5.01. The molecule has 1 aliphatic carbocycles. The highest BCUT2D eigenvalue weighted by Crippen LogP contribution is 2.45. The minimum Gasteiger partial charge on any atom is -0.381 e. The van der Waals surface area contributed by atoms with Crippen LogP contribution in [0.1, 0.15) is 30.7 Å². The van der Waals surface area contributed by atoms with Crippen LogP contribution >= 0.6 is 23.2 Å². The zero-order valence-corrected chi connectivity index (χ0v) is 14.2. The van der Waals surface area contributed by atoms with Crippen molar-refractivity contribution in [2.75, 3.05) is 27.2 Å². The number of hydrogen-bond donors (Lipinski definition) is 0. The third kappa shape index (κ3) is 3.39. The standard InChI is InChI=1S/C17H23Cl2NO/c1-20-8-7-13(12-5-6-15(18)16(19)9-12)14(10-20)17(21-2)11-3-4-11/h5-6,9,11,13-14,17H,3-4,7-8,10H2,1-2H3. The summed E-state index contributed by atoms with van der Waals surface area (Å²) in [6.07, 6.45) is 4.15. The zero-order chi connectivity index (χ0) is 15.0. The van der Waals surface area contributed by atoms with Gasteiger partial charge in [0.05, 0.1) is 16.1 Å². The van der Waals surface area contributed by atoms with Gasteiger partial charge >= 0.3 is 0 Å². The lowest BCUT2D eigenvalue weighted by atomic mass is 9.76. The first-order chi connectivity index (χ1) is 10.1. The van der Waals surface area contributed by atoms with Crippen LogP contribution < -0.4 is 0 Å².